The molecule has 0 saturated carbocycles. The van der Waals surface area contributed by atoms with Crippen LogP contribution in [0.25, 0.3) is 6.08 Å². The van der Waals surface area contributed by atoms with Crippen molar-refractivity contribution in [3.05, 3.63) is 88.8 Å². The van der Waals surface area contributed by atoms with Gasteiger partial charge in [0.05, 0.1) is 17.7 Å². The fraction of sp³-hybridized carbons (Fsp3) is 0.214. The zero-order chi connectivity index (χ0) is 24.8. The van der Waals surface area contributed by atoms with Crippen molar-refractivity contribution in [3.63, 3.8) is 0 Å². The number of nitrogens with one attached hydrogen (secondary N) is 1. The molecule has 4 rings (SSSR count). The molecule has 3 aromatic carbocycles. The number of anilines is 2. The second-order valence-corrected chi connectivity index (χ2v) is 9.15. The molecule has 35 heavy (non-hydrogen) atoms. The van der Waals surface area contributed by atoms with Crippen LogP contribution in [0.5, 0.6) is 5.75 Å². The van der Waals surface area contributed by atoms with Gasteiger partial charge in [0, 0.05) is 48.4 Å². The minimum atomic E-state index is -0.155. The highest BCUT2D eigenvalue weighted by Gasteiger charge is 2.27. The van der Waals surface area contributed by atoms with Crippen molar-refractivity contribution < 1.29 is 14.3 Å². The molecule has 0 saturated heterocycles. The van der Waals surface area contributed by atoms with E-state index in [0.29, 0.717) is 29.3 Å². The molecule has 1 aliphatic rings. The Morgan fingerprint density at radius 3 is 2.57 bits per heavy atom. The van der Waals surface area contributed by atoms with Gasteiger partial charge < -0.3 is 19.9 Å². The quantitative estimate of drug-likeness (QED) is 0.450. The number of fused-ring (bicyclic) bond motifs is 1. The number of likely N-dealkylation sites (N-methyl/N-ethyl adjacent to an activating group) is 2. The van der Waals surface area contributed by atoms with Crippen LogP contribution in [0.4, 0.5) is 11.4 Å². The zero-order valence-corrected chi connectivity index (χ0v) is 21.0. The first-order valence-corrected chi connectivity index (χ1v) is 12.4. The first-order chi connectivity index (χ1) is 17.0. The summed E-state index contributed by atoms with van der Waals surface area (Å²) in [5.41, 5.74) is 3.23. The molecule has 7 heteroatoms. The Kier molecular flexibility index (Phi) is 7.77. The van der Waals surface area contributed by atoms with E-state index in [4.69, 9.17) is 4.74 Å². The van der Waals surface area contributed by atoms with Crippen molar-refractivity contribution in [2.45, 2.75) is 11.8 Å². The molecule has 1 N–H and O–H groups in total. The van der Waals surface area contributed by atoms with Gasteiger partial charge in [0.1, 0.15) is 5.75 Å². The smallest absolute Gasteiger partial charge is 0.264 e. The number of amides is 2. The van der Waals surface area contributed by atoms with Gasteiger partial charge in [-0.2, -0.15) is 0 Å². The zero-order valence-electron chi connectivity index (χ0n) is 20.2. The summed E-state index contributed by atoms with van der Waals surface area (Å²) < 4.78 is 5.41. The van der Waals surface area contributed by atoms with Crippen LogP contribution in [-0.4, -0.2) is 45.6 Å². The first kappa shape index (κ1) is 24.4. The predicted molar refractivity (Wildman–Crippen MR) is 143 cm³/mol. The number of carbonyl (C=O) groups is 2. The largest absolute Gasteiger partial charge is 0.496 e. The Labute approximate surface area is 210 Å². The number of benzene rings is 3. The molecular formula is C28H29N3O3S. The molecule has 0 bridgehead atoms. The number of nitrogens with zero attached hydrogens (tertiary/aromatic N) is 2. The highest BCUT2D eigenvalue weighted by Crippen LogP contribution is 2.42. The minimum Gasteiger partial charge on any atom is -0.496 e. The summed E-state index contributed by atoms with van der Waals surface area (Å²) >= 11 is 1.40. The van der Waals surface area contributed by atoms with Crippen molar-refractivity contribution in [1.82, 2.24) is 5.32 Å². The summed E-state index contributed by atoms with van der Waals surface area (Å²) in [7, 11) is 3.35. The molecule has 0 radical (unpaired) electrons. The first-order valence-electron chi connectivity index (χ1n) is 11.5. The van der Waals surface area contributed by atoms with Crippen LogP contribution < -0.4 is 19.9 Å². The van der Waals surface area contributed by atoms with E-state index >= 15 is 0 Å². The molecule has 0 aromatic heterocycles. The fourth-order valence-electron chi connectivity index (χ4n) is 3.98. The molecule has 0 fully saturated rings. The topological polar surface area (TPSA) is 61.9 Å². The van der Waals surface area contributed by atoms with Crippen molar-refractivity contribution in [2.75, 3.05) is 43.6 Å². The van der Waals surface area contributed by atoms with E-state index in [1.165, 1.54) is 11.8 Å². The molecule has 0 unspecified atom stereocenters. The molecule has 180 valence electrons. The highest BCUT2D eigenvalue weighted by atomic mass is 32.2. The molecule has 0 aliphatic carbocycles. The van der Waals surface area contributed by atoms with Gasteiger partial charge in [0.2, 0.25) is 0 Å². The van der Waals surface area contributed by atoms with E-state index in [2.05, 4.69) is 29.3 Å². The van der Waals surface area contributed by atoms with Crippen LogP contribution in [0.15, 0.2) is 82.6 Å². The van der Waals surface area contributed by atoms with E-state index in [1.807, 2.05) is 54.6 Å². The van der Waals surface area contributed by atoms with Crippen LogP contribution in [0.1, 0.15) is 22.8 Å². The van der Waals surface area contributed by atoms with E-state index < -0.39 is 0 Å². The number of hydrogen-bond donors (Lipinski definition) is 1. The average molecular weight is 488 g/mol. The average Bonchev–Trinajstić information content (AvgIpc) is 2.90. The second kappa shape index (κ2) is 11.1. The number of carbonyl (C=O) groups excluding carboxylic acids is 2. The van der Waals surface area contributed by atoms with E-state index in [-0.39, 0.29) is 11.8 Å². The third-order valence-electron chi connectivity index (χ3n) is 5.91. The number of hydrogen-bond acceptors (Lipinski definition) is 5. The Bertz CT molecular complexity index is 1240. The van der Waals surface area contributed by atoms with Crippen molar-refractivity contribution in [1.29, 1.82) is 0 Å². The molecule has 1 heterocycles. The number of rotatable bonds is 8. The number of thioether (sulfide) groups is 1. The lowest BCUT2D eigenvalue weighted by atomic mass is 10.1. The molecule has 2 amide bonds. The highest BCUT2D eigenvalue weighted by molar-refractivity contribution is 8.04. The summed E-state index contributed by atoms with van der Waals surface area (Å²) in [4.78, 5) is 31.2. The normalized spacial score (nSPS) is 14.0. The maximum absolute atomic E-state index is 13.1. The summed E-state index contributed by atoms with van der Waals surface area (Å²) in [6.45, 7) is 4.18. The van der Waals surface area contributed by atoms with E-state index in [9.17, 15) is 9.59 Å². The molecule has 6 nitrogen and oxygen atoms in total. The third kappa shape index (κ3) is 5.52. The molecular weight excluding hydrogens is 458 g/mol. The van der Waals surface area contributed by atoms with Crippen LogP contribution in [-0.2, 0) is 4.79 Å². The van der Waals surface area contributed by atoms with Crippen molar-refractivity contribution >= 4 is 41.0 Å². The van der Waals surface area contributed by atoms with Gasteiger partial charge >= 0.3 is 0 Å². The summed E-state index contributed by atoms with van der Waals surface area (Å²) in [5.74, 6) is 0.438. The minimum absolute atomic E-state index is 0.118. The molecule has 3 aromatic rings. The van der Waals surface area contributed by atoms with Gasteiger partial charge in [-0.15, -0.1) is 0 Å². The Morgan fingerprint density at radius 2 is 1.83 bits per heavy atom. The van der Waals surface area contributed by atoms with E-state index in [1.54, 1.807) is 31.2 Å². The summed E-state index contributed by atoms with van der Waals surface area (Å²) in [6.07, 6.45) is 1.85. The Hall–Kier alpha value is -3.71. The van der Waals surface area contributed by atoms with Crippen LogP contribution in [0.2, 0.25) is 0 Å². The second-order valence-electron chi connectivity index (χ2n) is 8.07. The maximum atomic E-state index is 13.1. The molecule has 0 spiro atoms. The predicted octanol–water partition coefficient (Wildman–Crippen LogP) is 5.06. The number of para-hydroxylation sites is 2. The van der Waals surface area contributed by atoms with Crippen molar-refractivity contribution in [3.8, 4) is 5.75 Å². The monoisotopic (exact) mass is 487 g/mol. The van der Waals surface area contributed by atoms with Gasteiger partial charge in [-0.3, -0.25) is 9.59 Å². The van der Waals surface area contributed by atoms with Gasteiger partial charge in [-0.1, -0.05) is 48.2 Å². The maximum Gasteiger partial charge on any atom is 0.264 e. The van der Waals surface area contributed by atoms with Crippen molar-refractivity contribution in [2.24, 2.45) is 0 Å². The van der Waals surface area contributed by atoms with Gasteiger partial charge in [0.25, 0.3) is 11.8 Å². The van der Waals surface area contributed by atoms with Crippen LogP contribution in [0, 0.1) is 0 Å². The molecule has 1 aliphatic heterocycles. The Balaban J connectivity index is 1.45. The van der Waals surface area contributed by atoms with Crippen LogP contribution in [0.3, 0.4) is 0 Å². The standard InChI is InChI=1S/C28H29N3O3S/c1-4-31(22-11-6-5-7-12-22)17-16-29-27(32)21-14-15-25-23(18-21)30(2)28(33)26(35-25)19-20-10-8-9-13-24(20)34-3/h5-15,18-19H,4,16-17H2,1-3H3,(H,29,32)/b26-19+. The summed E-state index contributed by atoms with van der Waals surface area (Å²) in [5, 5.41) is 3.00. The fourth-order valence-corrected chi connectivity index (χ4v) is 5.06. The Morgan fingerprint density at radius 1 is 1.09 bits per heavy atom. The SMILES string of the molecule is CCN(CCNC(=O)c1ccc2c(c1)N(C)C(=O)/C(=C\c1ccccc1OC)S2)c1ccccc1. The number of ether oxygens (including phenoxy) is 1. The van der Waals surface area contributed by atoms with E-state index in [0.717, 1.165) is 28.4 Å². The number of methoxy groups -OCH3 is 1. The lowest BCUT2D eigenvalue weighted by molar-refractivity contribution is -0.114. The van der Waals surface area contributed by atoms with Gasteiger partial charge in [-0.05, 0) is 49.4 Å². The van der Waals surface area contributed by atoms with Gasteiger partial charge in [-0.25, -0.2) is 0 Å². The summed E-state index contributed by atoms with van der Waals surface area (Å²) in [6, 6.07) is 23.2. The lowest BCUT2D eigenvalue weighted by Gasteiger charge is -2.27. The third-order valence-corrected chi connectivity index (χ3v) is 6.99. The van der Waals surface area contributed by atoms with Crippen LogP contribution >= 0.6 is 11.8 Å². The lowest BCUT2D eigenvalue weighted by Crippen LogP contribution is -2.35. The van der Waals surface area contributed by atoms with Gasteiger partial charge in [0.15, 0.2) is 0 Å². The molecule has 0 atom stereocenters.